The Hall–Kier alpha value is -6.29. The van der Waals surface area contributed by atoms with Crippen molar-refractivity contribution in [2.75, 3.05) is 0 Å². The first-order valence-corrected chi connectivity index (χ1v) is 19.2. The van der Waals surface area contributed by atoms with Crippen molar-refractivity contribution < 1.29 is 0 Å². The Kier molecular flexibility index (Phi) is 8.35. The van der Waals surface area contributed by atoms with Crippen LogP contribution in [0.2, 0.25) is 0 Å². The Morgan fingerprint density at radius 1 is 0.611 bits per heavy atom. The molecule has 1 aromatic heterocycles. The smallest absolute Gasteiger partial charge is 0.104 e. The molecule has 0 saturated heterocycles. The van der Waals surface area contributed by atoms with E-state index in [1.54, 1.807) is 0 Å². The van der Waals surface area contributed by atoms with Crippen molar-refractivity contribution in [2.45, 2.75) is 37.9 Å². The molecule has 0 fully saturated rings. The molecule has 2 unspecified atom stereocenters. The zero-order valence-electron chi connectivity index (χ0n) is 30.2. The van der Waals surface area contributed by atoms with Crippen LogP contribution in [0.5, 0.6) is 0 Å². The summed E-state index contributed by atoms with van der Waals surface area (Å²) in [6.07, 6.45) is 19.7. The third-order valence-electron chi connectivity index (χ3n) is 11.4. The summed E-state index contributed by atoms with van der Waals surface area (Å²) in [4.78, 5) is 4.34. The molecule has 1 aliphatic heterocycles. The van der Waals surface area contributed by atoms with Crippen LogP contribution in [0, 0.1) is 0 Å². The van der Waals surface area contributed by atoms with E-state index in [4.69, 9.17) is 0 Å². The molecule has 7 aromatic rings. The molecule has 260 valence electrons. The van der Waals surface area contributed by atoms with Gasteiger partial charge < -0.3 is 5.32 Å². The van der Waals surface area contributed by atoms with Gasteiger partial charge >= 0.3 is 0 Å². The molecule has 6 aromatic carbocycles. The second kappa shape index (κ2) is 13.9. The van der Waals surface area contributed by atoms with E-state index in [1.165, 1.54) is 71.6 Å². The molecule has 3 heteroatoms. The van der Waals surface area contributed by atoms with Crippen molar-refractivity contribution >= 4 is 38.9 Å². The van der Waals surface area contributed by atoms with Crippen LogP contribution >= 0.6 is 0 Å². The van der Waals surface area contributed by atoms with E-state index in [9.17, 15) is 0 Å². The normalized spacial score (nSPS) is 18.0. The average molecular weight is 696 g/mol. The number of hydrogen-bond donors (Lipinski definition) is 2. The monoisotopic (exact) mass is 695 g/mol. The largest absolute Gasteiger partial charge is 0.366 e. The standard InChI is InChI=1S/C51H41N3/c1-2-11-37-28-39(26-23-34(37)10-1)38-13-7-15-42(29-38)50-32-49(36-24-21-35(22-25-36)44-17-9-27-52-33-44)53-51(54-50)43-16-8-14-40(30-43)48-31-41-12-3-4-18-45(41)46-19-5-6-20-47(46)48/h1-5,8-12,14-19,21-33,50-51,53-54H,6-7,13,20H2. The highest BCUT2D eigenvalue weighted by Crippen LogP contribution is 2.38. The van der Waals surface area contributed by atoms with E-state index >= 15 is 0 Å². The van der Waals surface area contributed by atoms with E-state index in [-0.39, 0.29) is 12.2 Å². The molecule has 2 aliphatic carbocycles. The minimum absolute atomic E-state index is 0.0298. The van der Waals surface area contributed by atoms with Gasteiger partial charge in [-0.25, -0.2) is 0 Å². The number of benzene rings is 6. The highest BCUT2D eigenvalue weighted by atomic mass is 15.2. The summed E-state index contributed by atoms with van der Waals surface area (Å²) < 4.78 is 0. The Balaban J connectivity index is 1.03. The second-order valence-corrected chi connectivity index (χ2v) is 14.7. The molecular weight excluding hydrogens is 655 g/mol. The average Bonchev–Trinajstić information content (AvgIpc) is 3.26. The molecular formula is C51H41N3. The number of rotatable bonds is 6. The summed E-state index contributed by atoms with van der Waals surface area (Å²) in [6.45, 7) is 0. The summed E-state index contributed by atoms with van der Waals surface area (Å²) in [7, 11) is 0. The first-order valence-electron chi connectivity index (χ1n) is 19.2. The quantitative estimate of drug-likeness (QED) is 0.182. The molecule has 10 rings (SSSR count). The predicted octanol–water partition coefficient (Wildman–Crippen LogP) is 12.1. The lowest BCUT2D eigenvalue weighted by Gasteiger charge is -2.34. The SMILES string of the molecule is C1=Cc2c(c(-c3cccc(C4NC(c5ccc(-c6cccnc6)cc5)=CC(C5=CCCC(c6ccc7ccccc7c6)=C5)N4)c3)cc3ccccc23)CC1. The van der Waals surface area contributed by atoms with Gasteiger partial charge in [-0.3, -0.25) is 10.3 Å². The van der Waals surface area contributed by atoms with Gasteiger partial charge in [-0.05, 0) is 139 Å². The van der Waals surface area contributed by atoms with Gasteiger partial charge in [0.15, 0.2) is 0 Å². The van der Waals surface area contributed by atoms with Crippen molar-refractivity contribution in [3.05, 3.63) is 204 Å². The molecule has 3 nitrogen and oxygen atoms in total. The van der Waals surface area contributed by atoms with E-state index in [0.29, 0.717) is 0 Å². The fraction of sp³-hybridized carbons (Fsp3) is 0.118. The van der Waals surface area contributed by atoms with Crippen molar-refractivity contribution in [1.82, 2.24) is 15.6 Å². The van der Waals surface area contributed by atoms with E-state index in [0.717, 1.165) is 42.5 Å². The Labute approximate surface area is 317 Å². The molecule has 0 spiro atoms. The van der Waals surface area contributed by atoms with Gasteiger partial charge in [0, 0.05) is 18.1 Å². The van der Waals surface area contributed by atoms with Crippen LogP contribution in [0.25, 0.3) is 61.1 Å². The number of fused-ring (bicyclic) bond motifs is 4. The van der Waals surface area contributed by atoms with E-state index in [1.807, 2.05) is 18.5 Å². The molecule has 0 radical (unpaired) electrons. The maximum atomic E-state index is 4.34. The van der Waals surface area contributed by atoms with Crippen molar-refractivity contribution in [2.24, 2.45) is 0 Å². The van der Waals surface area contributed by atoms with Gasteiger partial charge in [0.1, 0.15) is 6.17 Å². The van der Waals surface area contributed by atoms with Crippen LogP contribution in [0.4, 0.5) is 0 Å². The molecule has 2 atom stereocenters. The van der Waals surface area contributed by atoms with Crippen molar-refractivity contribution in [1.29, 1.82) is 0 Å². The Bertz CT molecular complexity index is 2660. The Morgan fingerprint density at radius 2 is 1.43 bits per heavy atom. The molecule has 54 heavy (non-hydrogen) atoms. The van der Waals surface area contributed by atoms with Crippen LogP contribution < -0.4 is 10.6 Å². The van der Waals surface area contributed by atoms with Gasteiger partial charge in [-0.2, -0.15) is 0 Å². The van der Waals surface area contributed by atoms with Crippen LogP contribution in [-0.4, -0.2) is 11.0 Å². The molecule has 2 heterocycles. The minimum Gasteiger partial charge on any atom is -0.366 e. The number of nitrogens with zero attached hydrogens (tertiary/aromatic N) is 1. The van der Waals surface area contributed by atoms with E-state index < -0.39 is 0 Å². The highest BCUT2D eigenvalue weighted by Gasteiger charge is 2.27. The van der Waals surface area contributed by atoms with Crippen molar-refractivity contribution in [3.63, 3.8) is 0 Å². The number of pyridine rings is 1. The van der Waals surface area contributed by atoms with Crippen LogP contribution in [-0.2, 0) is 6.42 Å². The maximum absolute atomic E-state index is 4.34. The fourth-order valence-corrected chi connectivity index (χ4v) is 8.58. The van der Waals surface area contributed by atoms with E-state index in [2.05, 4.69) is 173 Å². The summed E-state index contributed by atoms with van der Waals surface area (Å²) >= 11 is 0. The highest BCUT2D eigenvalue weighted by molar-refractivity contribution is 5.97. The van der Waals surface area contributed by atoms with Crippen molar-refractivity contribution in [3.8, 4) is 22.3 Å². The number of nitrogens with one attached hydrogen (secondary N) is 2. The van der Waals surface area contributed by atoms with Gasteiger partial charge in [-0.1, -0.05) is 133 Å². The summed E-state index contributed by atoms with van der Waals surface area (Å²) in [6, 6.07) is 48.9. The maximum Gasteiger partial charge on any atom is 0.104 e. The van der Waals surface area contributed by atoms with Crippen LogP contribution in [0.3, 0.4) is 0 Å². The third-order valence-corrected chi connectivity index (χ3v) is 11.4. The molecule has 0 saturated carbocycles. The topological polar surface area (TPSA) is 37.0 Å². The lowest BCUT2D eigenvalue weighted by atomic mass is 9.85. The number of hydrogen-bond acceptors (Lipinski definition) is 3. The zero-order chi connectivity index (χ0) is 35.8. The minimum atomic E-state index is -0.0931. The summed E-state index contributed by atoms with van der Waals surface area (Å²) in [5.41, 5.74) is 15.2. The van der Waals surface area contributed by atoms with Crippen LogP contribution in [0.15, 0.2) is 176 Å². The van der Waals surface area contributed by atoms with Gasteiger partial charge in [0.2, 0.25) is 0 Å². The zero-order valence-corrected chi connectivity index (χ0v) is 30.2. The Morgan fingerprint density at radius 3 is 2.31 bits per heavy atom. The second-order valence-electron chi connectivity index (χ2n) is 14.7. The first kappa shape index (κ1) is 32.4. The summed E-state index contributed by atoms with van der Waals surface area (Å²) in [5, 5.41) is 13.1. The van der Waals surface area contributed by atoms with Gasteiger partial charge in [-0.15, -0.1) is 0 Å². The number of allylic oxidation sites excluding steroid dienone is 3. The molecule has 0 amide bonds. The lowest BCUT2D eigenvalue weighted by Crippen LogP contribution is -2.44. The van der Waals surface area contributed by atoms with Crippen LogP contribution in [0.1, 0.15) is 53.2 Å². The molecule has 0 bridgehead atoms. The van der Waals surface area contributed by atoms with Gasteiger partial charge in [0.05, 0.1) is 6.04 Å². The molecule has 2 N–H and O–H groups in total. The first-order chi connectivity index (χ1) is 26.7. The number of aromatic nitrogens is 1. The molecule has 3 aliphatic rings. The lowest BCUT2D eigenvalue weighted by molar-refractivity contribution is 0.463. The summed E-state index contributed by atoms with van der Waals surface area (Å²) in [5.74, 6) is 0. The van der Waals surface area contributed by atoms with Gasteiger partial charge in [0.25, 0.3) is 0 Å². The third kappa shape index (κ3) is 6.17. The fourth-order valence-electron chi connectivity index (χ4n) is 8.58. The predicted molar refractivity (Wildman–Crippen MR) is 226 cm³/mol.